The van der Waals surface area contributed by atoms with Gasteiger partial charge >= 0.3 is 0 Å². The molecule has 0 unspecified atom stereocenters. The Kier molecular flexibility index (Phi) is 4.64. The number of sulfonamides is 1. The van der Waals surface area contributed by atoms with Gasteiger partial charge in [0, 0.05) is 6.07 Å². The SMILES string of the molecule is COc1ccc(S(=O)(=O)Nc2ccc3c(c2)NC(=O)[C@H](C)O3)cc1OC. The summed E-state index contributed by atoms with van der Waals surface area (Å²) in [6.45, 7) is 1.63. The predicted molar refractivity (Wildman–Crippen MR) is 95.5 cm³/mol. The zero-order valence-electron chi connectivity index (χ0n) is 14.4. The minimum Gasteiger partial charge on any atom is -0.493 e. The number of fused-ring (bicyclic) bond motifs is 1. The molecule has 1 amide bonds. The van der Waals surface area contributed by atoms with Crippen LogP contribution in [0.3, 0.4) is 0 Å². The van der Waals surface area contributed by atoms with E-state index in [4.69, 9.17) is 14.2 Å². The van der Waals surface area contributed by atoms with Crippen LogP contribution in [-0.2, 0) is 14.8 Å². The van der Waals surface area contributed by atoms with Gasteiger partial charge in [0.2, 0.25) is 0 Å². The Balaban J connectivity index is 1.89. The third-order valence-corrected chi connectivity index (χ3v) is 5.21. The molecule has 0 saturated heterocycles. The van der Waals surface area contributed by atoms with E-state index in [0.717, 1.165) is 0 Å². The van der Waals surface area contributed by atoms with Crippen molar-refractivity contribution in [2.24, 2.45) is 0 Å². The van der Waals surface area contributed by atoms with Crippen molar-refractivity contribution in [3.8, 4) is 17.2 Å². The summed E-state index contributed by atoms with van der Waals surface area (Å²) in [4.78, 5) is 11.7. The predicted octanol–water partition coefficient (Wildman–Crippen LogP) is 2.22. The molecule has 3 rings (SSSR count). The molecule has 1 atom stereocenters. The maximum atomic E-state index is 12.6. The van der Waals surface area contributed by atoms with Crippen molar-refractivity contribution in [1.29, 1.82) is 0 Å². The third kappa shape index (κ3) is 3.38. The molecule has 2 N–H and O–H groups in total. The Morgan fingerprint density at radius 2 is 1.81 bits per heavy atom. The van der Waals surface area contributed by atoms with Gasteiger partial charge in [-0.1, -0.05) is 0 Å². The van der Waals surface area contributed by atoms with E-state index in [2.05, 4.69) is 10.0 Å². The fraction of sp³-hybridized carbons (Fsp3) is 0.235. The average Bonchev–Trinajstić information content (AvgIpc) is 2.62. The first-order valence-electron chi connectivity index (χ1n) is 7.70. The van der Waals surface area contributed by atoms with Crippen molar-refractivity contribution in [3.05, 3.63) is 36.4 Å². The number of ether oxygens (including phenoxy) is 3. The molecule has 26 heavy (non-hydrogen) atoms. The molecular formula is C17H18N2O6S. The van der Waals surface area contributed by atoms with Crippen LogP contribution < -0.4 is 24.2 Å². The molecule has 8 nitrogen and oxygen atoms in total. The molecule has 2 aromatic carbocycles. The van der Waals surface area contributed by atoms with Crippen LogP contribution in [0.4, 0.5) is 11.4 Å². The van der Waals surface area contributed by atoms with E-state index in [9.17, 15) is 13.2 Å². The van der Waals surface area contributed by atoms with Gasteiger partial charge in [-0.3, -0.25) is 9.52 Å². The molecular weight excluding hydrogens is 360 g/mol. The first-order chi connectivity index (χ1) is 12.3. The largest absolute Gasteiger partial charge is 0.493 e. The highest BCUT2D eigenvalue weighted by molar-refractivity contribution is 7.92. The van der Waals surface area contributed by atoms with Gasteiger partial charge in [0.25, 0.3) is 15.9 Å². The summed E-state index contributed by atoms with van der Waals surface area (Å²) in [5.74, 6) is 0.910. The number of hydrogen-bond acceptors (Lipinski definition) is 6. The lowest BCUT2D eigenvalue weighted by Gasteiger charge is -2.23. The number of hydrogen-bond donors (Lipinski definition) is 2. The molecule has 0 bridgehead atoms. The monoisotopic (exact) mass is 378 g/mol. The van der Waals surface area contributed by atoms with Gasteiger partial charge < -0.3 is 19.5 Å². The van der Waals surface area contributed by atoms with Crippen LogP contribution in [0.1, 0.15) is 6.92 Å². The molecule has 0 spiro atoms. The van der Waals surface area contributed by atoms with Crippen molar-refractivity contribution in [2.45, 2.75) is 17.9 Å². The molecule has 1 heterocycles. The number of carbonyl (C=O) groups excluding carboxylic acids is 1. The van der Waals surface area contributed by atoms with Gasteiger partial charge in [0.15, 0.2) is 17.6 Å². The standard InChI is InChI=1S/C17H18N2O6S/c1-10-17(20)18-13-8-11(4-6-14(13)25-10)19-26(21,22)12-5-7-15(23-2)16(9-12)24-3/h4-10,19H,1-3H3,(H,18,20)/t10-/m0/s1. The summed E-state index contributed by atoms with van der Waals surface area (Å²) in [5, 5.41) is 2.67. The Bertz CT molecular complexity index is 958. The third-order valence-electron chi connectivity index (χ3n) is 3.83. The maximum absolute atomic E-state index is 12.6. The summed E-state index contributed by atoms with van der Waals surface area (Å²) < 4.78 is 43.4. The fourth-order valence-corrected chi connectivity index (χ4v) is 3.53. The van der Waals surface area contributed by atoms with E-state index >= 15 is 0 Å². The smallest absolute Gasteiger partial charge is 0.265 e. The number of carbonyl (C=O) groups is 1. The second-order valence-electron chi connectivity index (χ2n) is 5.58. The van der Waals surface area contributed by atoms with Gasteiger partial charge in [-0.25, -0.2) is 8.42 Å². The lowest BCUT2D eigenvalue weighted by atomic mass is 10.2. The Hall–Kier alpha value is -2.94. The Morgan fingerprint density at radius 1 is 1.08 bits per heavy atom. The van der Waals surface area contributed by atoms with E-state index in [1.165, 1.54) is 38.5 Å². The van der Waals surface area contributed by atoms with Gasteiger partial charge in [0.05, 0.1) is 30.5 Å². The van der Waals surface area contributed by atoms with Crippen LogP contribution in [0.2, 0.25) is 0 Å². The number of rotatable bonds is 5. The number of benzene rings is 2. The Labute approximate surface area is 151 Å². The van der Waals surface area contributed by atoms with E-state index in [1.807, 2.05) is 0 Å². The van der Waals surface area contributed by atoms with Crippen LogP contribution >= 0.6 is 0 Å². The minimum absolute atomic E-state index is 0.0155. The van der Waals surface area contributed by atoms with E-state index in [0.29, 0.717) is 22.9 Å². The zero-order valence-corrected chi connectivity index (χ0v) is 15.2. The van der Waals surface area contributed by atoms with E-state index in [-0.39, 0.29) is 16.5 Å². The lowest BCUT2D eigenvalue weighted by molar-refractivity contribution is -0.122. The molecule has 0 radical (unpaired) electrons. The van der Waals surface area contributed by atoms with Gasteiger partial charge in [-0.05, 0) is 37.3 Å². The van der Waals surface area contributed by atoms with E-state index < -0.39 is 16.1 Å². The highest BCUT2D eigenvalue weighted by Crippen LogP contribution is 2.34. The summed E-state index contributed by atoms with van der Waals surface area (Å²) >= 11 is 0. The van der Waals surface area contributed by atoms with Crippen LogP contribution in [0, 0.1) is 0 Å². The van der Waals surface area contributed by atoms with Gasteiger partial charge in [-0.15, -0.1) is 0 Å². The van der Waals surface area contributed by atoms with Crippen molar-refractivity contribution in [3.63, 3.8) is 0 Å². The molecule has 1 aliphatic rings. The second kappa shape index (κ2) is 6.75. The molecule has 0 aromatic heterocycles. The van der Waals surface area contributed by atoms with Gasteiger partial charge in [-0.2, -0.15) is 0 Å². The molecule has 0 aliphatic carbocycles. The zero-order chi connectivity index (χ0) is 18.9. The van der Waals surface area contributed by atoms with Crippen molar-refractivity contribution in [1.82, 2.24) is 0 Å². The quantitative estimate of drug-likeness (QED) is 0.827. The summed E-state index contributed by atoms with van der Waals surface area (Å²) in [5.41, 5.74) is 0.692. The van der Waals surface area contributed by atoms with Crippen molar-refractivity contribution < 1.29 is 27.4 Å². The first kappa shape index (κ1) is 17.9. The van der Waals surface area contributed by atoms with Crippen LogP contribution in [-0.4, -0.2) is 34.6 Å². The summed E-state index contributed by atoms with van der Waals surface area (Å²) in [6, 6.07) is 8.94. The topological polar surface area (TPSA) is 103 Å². The van der Waals surface area contributed by atoms with Crippen LogP contribution in [0.5, 0.6) is 17.2 Å². The molecule has 0 fully saturated rings. The normalized spacial score (nSPS) is 16.1. The van der Waals surface area contributed by atoms with Crippen molar-refractivity contribution >= 4 is 27.3 Å². The Morgan fingerprint density at radius 3 is 2.50 bits per heavy atom. The number of nitrogens with one attached hydrogen (secondary N) is 2. The number of anilines is 2. The molecule has 9 heteroatoms. The minimum atomic E-state index is -3.86. The fourth-order valence-electron chi connectivity index (χ4n) is 2.47. The van der Waals surface area contributed by atoms with Crippen molar-refractivity contribution in [2.75, 3.05) is 24.3 Å². The molecule has 138 valence electrons. The summed E-state index contributed by atoms with van der Waals surface area (Å²) in [6.07, 6.45) is -0.600. The van der Waals surface area contributed by atoms with Crippen LogP contribution in [0.25, 0.3) is 0 Å². The van der Waals surface area contributed by atoms with Gasteiger partial charge in [0.1, 0.15) is 5.75 Å². The van der Waals surface area contributed by atoms with Crippen LogP contribution in [0.15, 0.2) is 41.3 Å². The lowest BCUT2D eigenvalue weighted by Crippen LogP contribution is -2.34. The summed E-state index contributed by atoms with van der Waals surface area (Å²) in [7, 11) is -0.969. The first-order valence-corrected chi connectivity index (χ1v) is 9.19. The molecule has 2 aromatic rings. The average molecular weight is 378 g/mol. The highest BCUT2D eigenvalue weighted by Gasteiger charge is 2.24. The maximum Gasteiger partial charge on any atom is 0.265 e. The number of amides is 1. The van der Waals surface area contributed by atoms with E-state index in [1.54, 1.807) is 19.1 Å². The molecule has 0 saturated carbocycles. The highest BCUT2D eigenvalue weighted by atomic mass is 32.2. The number of methoxy groups -OCH3 is 2. The second-order valence-corrected chi connectivity index (χ2v) is 7.26. The molecule has 1 aliphatic heterocycles.